The molecule has 5 nitrogen and oxygen atoms in total. The molecule has 0 aromatic heterocycles. The summed E-state index contributed by atoms with van der Waals surface area (Å²) in [5, 5.41) is 5.59. The zero-order chi connectivity index (χ0) is 11.5. The predicted molar refractivity (Wildman–Crippen MR) is 63.7 cm³/mol. The van der Waals surface area contributed by atoms with Crippen LogP contribution >= 0.6 is 0 Å². The molecular weight excluding hydrogens is 204 g/mol. The summed E-state index contributed by atoms with van der Waals surface area (Å²) in [6, 6.07) is 5.62. The van der Waals surface area contributed by atoms with E-state index in [-0.39, 0.29) is 6.03 Å². The molecule has 0 saturated heterocycles. The molecule has 0 bridgehead atoms. The average molecular weight is 220 g/mol. The fraction of sp³-hybridized carbons (Fsp3) is 0.364. The fourth-order valence-electron chi connectivity index (χ4n) is 1.43. The van der Waals surface area contributed by atoms with E-state index in [9.17, 15) is 4.79 Å². The first-order valence-electron chi connectivity index (χ1n) is 5.34. The van der Waals surface area contributed by atoms with Crippen molar-refractivity contribution in [2.24, 2.45) is 0 Å². The molecule has 0 atom stereocenters. The van der Waals surface area contributed by atoms with Crippen molar-refractivity contribution >= 4 is 17.4 Å². The first-order valence-corrected chi connectivity index (χ1v) is 5.34. The highest BCUT2D eigenvalue weighted by Gasteiger charge is 2.22. The number of amides is 2. The number of hydrogen-bond acceptors (Lipinski definition) is 3. The maximum absolute atomic E-state index is 11.4. The molecule has 2 amide bonds. The average Bonchev–Trinajstić information content (AvgIpc) is 3.04. The van der Waals surface area contributed by atoms with Gasteiger partial charge in [-0.2, -0.15) is 0 Å². The van der Waals surface area contributed by atoms with Gasteiger partial charge in [-0.05, 0) is 24.5 Å². The van der Waals surface area contributed by atoms with Crippen molar-refractivity contribution in [3.8, 4) is 0 Å². The van der Waals surface area contributed by atoms with E-state index in [2.05, 4.69) is 10.6 Å². The highest BCUT2D eigenvalue weighted by atomic mass is 16.2. The minimum Gasteiger partial charge on any atom is -0.397 e. The minimum atomic E-state index is -0.149. The van der Waals surface area contributed by atoms with Crippen LogP contribution in [0, 0.1) is 0 Å². The highest BCUT2D eigenvalue weighted by molar-refractivity contribution is 5.75. The summed E-state index contributed by atoms with van der Waals surface area (Å²) in [5.41, 5.74) is 13.4. The fourth-order valence-corrected chi connectivity index (χ4v) is 1.43. The lowest BCUT2D eigenvalue weighted by atomic mass is 10.1. The van der Waals surface area contributed by atoms with Gasteiger partial charge in [-0.15, -0.1) is 0 Å². The van der Waals surface area contributed by atoms with E-state index < -0.39 is 0 Å². The van der Waals surface area contributed by atoms with Crippen LogP contribution in [0.5, 0.6) is 0 Å². The Kier molecular flexibility index (Phi) is 2.85. The second-order valence-corrected chi connectivity index (χ2v) is 4.02. The van der Waals surface area contributed by atoms with E-state index in [0.29, 0.717) is 24.0 Å². The molecule has 0 radical (unpaired) electrons. The van der Waals surface area contributed by atoms with Gasteiger partial charge in [-0.1, -0.05) is 12.1 Å². The van der Waals surface area contributed by atoms with E-state index in [1.807, 2.05) is 12.1 Å². The maximum atomic E-state index is 11.4. The number of carbonyl (C=O) groups is 1. The highest BCUT2D eigenvalue weighted by Crippen LogP contribution is 2.20. The Bertz CT molecular complexity index is 401. The number of benzene rings is 1. The number of urea groups is 1. The van der Waals surface area contributed by atoms with E-state index in [1.165, 1.54) is 0 Å². The summed E-state index contributed by atoms with van der Waals surface area (Å²) in [7, 11) is 0. The summed E-state index contributed by atoms with van der Waals surface area (Å²) >= 11 is 0. The van der Waals surface area contributed by atoms with Crippen molar-refractivity contribution in [2.75, 3.05) is 11.5 Å². The second kappa shape index (κ2) is 4.30. The van der Waals surface area contributed by atoms with Gasteiger partial charge in [-0.3, -0.25) is 0 Å². The summed E-state index contributed by atoms with van der Waals surface area (Å²) in [4.78, 5) is 11.4. The van der Waals surface area contributed by atoms with Crippen LogP contribution in [0.3, 0.4) is 0 Å². The number of carbonyl (C=O) groups excluding carboxylic acids is 1. The molecule has 0 spiro atoms. The third-order valence-electron chi connectivity index (χ3n) is 2.58. The van der Waals surface area contributed by atoms with Crippen molar-refractivity contribution in [2.45, 2.75) is 25.4 Å². The molecule has 6 N–H and O–H groups in total. The first kappa shape index (κ1) is 10.6. The Morgan fingerprint density at radius 2 is 2.12 bits per heavy atom. The number of nitrogens with one attached hydrogen (secondary N) is 2. The van der Waals surface area contributed by atoms with Crippen molar-refractivity contribution < 1.29 is 4.79 Å². The SMILES string of the molecule is Nc1cccc(CNC(=O)NC2CC2)c1N. The lowest BCUT2D eigenvalue weighted by Crippen LogP contribution is -2.36. The molecule has 1 aliphatic carbocycles. The van der Waals surface area contributed by atoms with E-state index in [1.54, 1.807) is 6.07 Å². The van der Waals surface area contributed by atoms with E-state index in [4.69, 9.17) is 11.5 Å². The molecule has 0 aliphatic heterocycles. The van der Waals surface area contributed by atoms with Gasteiger partial charge in [0.15, 0.2) is 0 Å². The molecule has 1 saturated carbocycles. The largest absolute Gasteiger partial charge is 0.397 e. The number of para-hydroxylation sites is 1. The van der Waals surface area contributed by atoms with Gasteiger partial charge in [0.25, 0.3) is 0 Å². The number of rotatable bonds is 3. The number of anilines is 2. The molecular formula is C11H16N4O. The number of nitrogen functional groups attached to an aromatic ring is 2. The minimum absolute atomic E-state index is 0.149. The van der Waals surface area contributed by atoms with Gasteiger partial charge in [0.1, 0.15) is 0 Å². The van der Waals surface area contributed by atoms with Crippen LogP contribution in [0.1, 0.15) is 18.4 Å². The molecule has 86 valence electrons. The molecule has 0 unspecified atom stereocenters. The van der Waals surface area contributed by atoms with Gasteiger partial charge in [0.2, 0.25) is 0 Å². The third kappa shape index (κ3) is 2.56. The van der Waals surface area contributed by atoms with Crippen LogP contribution in [0.2, 0.25) is 0 Å². The molecule has 1 aromatic rings. The Morgan fingerprint density at radius 1 is 1.38 bits per heavy atom. The topological polar surface area (TPSA) is 93.2 Å². The standard InChI is InChI=1S/C11H16N4O/c12-9-3-1-2-7(10(9)13)6-14-11(16)15-8-4-5-8/h1-3,8H,4-6,12-13H2,(H2,14,15,16). The zero-order valence-electron chi connectivity index (χ0n) is 8.99. The summed E-state index contributed by atoms with van der Waals surface area (Å²) in [5.74, 6) is 0. The van der Waals surface area contributed by atoms with Gasteiger partial charge < -0.3 is 22.1 Å². The van der Waals surface area contributed by atoms with Gasteiger partial charge in [-0.25, -0.2) is 4.79 Å². The van der Waals surface area contributed by atoms with Crippen LogP contribution < -0.4 is 22.1 Å². The van der Waals surface area contributed by atoms with Gasteiger partial charge in [0.05, 0.1) is 11.4 Å². The summed E-state index contributed by atoms with van der Waals surface area (Å²) < 4.78 is 0. The first-order chi connectivity index (χ1) is 7.66. The van der Waals surface area contributed by atoms with Crippen LogP contribution in [0.4, 0.5) is 16.2 Å². The Hall–Kier alpha value is -1.91. The van der Waals surface area contributed by atoms with Crippen molar-refractivity contribution in [3.05, 3.63) is 23.8 Å². The molecule has 0 heterocycles. The summed E-state index contributed by atoms with van der Waals surface area (Å²) in [6.07, 6.45) is 2.15. The normalized spacial score (nSPS) is 14.5. The van der Waals surface area contributed by atoms with Gasteiger partial charge >= 0.3 is 6.03 Å². The zero-order valence-corrected chi connectivity index (χ0v) is 8.99. The van der Waals surface area contributed by atoms with Crippen molar-refractivity contribution in [1.29, 1.82) is 0 Å². The molecule has 1 aromatic carbocycles. The second-order valence-electron chi connectivity index (χ2n) is 4.02. The van der Waals surface area contributed by atoms with Crippen LogP contribution in [0.25, 0.3) is 0 Å². The number of hydrogen-bond donors (Lipinski definition) is 4. The van der Waals surface area contributed by atoms with Gasteiger partial charge in [0, 0.05) is 12.6 Å². The lowest BCUT2D eigenvalue weighted by Gasteiger charge is -2.10. The molecule has 5 heteroatoms. The van der Waals surface area contributed by atoms with Crippen molar-refractivity contribution in [1.82, 2.24) is 10.6 Å². The third-order valence-corrected chi connectivity index (χ3v) is 2.58. The quantitative estimate of drug-likeness (QED) is 0.568. The predicted octanol–water partition coefficient (Wildman–Crippen LogP) is 0.813. The lowest BCUT2D eigenvalue weighted by molar-refractivity contribution is 0.240. The van der Waals surface area contributed by atoms with Crippen LogP contribution in [-0.4, -0.2) is 12.1 Å². The van der Waals surface area contributed by atoms with Crippen LogP contribution in [-0.2, 0) is 6.54 Å². The molecule has 1 aliphatic rings. The smallest absolute Gasteiger partial charge is 0.315 e. The Labute approximate surface area is 94.2 Å². The monoisotopic (exact) mass is 220 g/mol. The molecule has 16 heavy (non-hydrogen) atoms. The van der Waals surface area contributed by atoms with E-state index >= 15 is 0 Å². The number of nitrogens with two attached hydrogens (primary N) is 2. The van der Waals surface area contributed by atoms with Crippen molar-refractivity contribution in [3.63, 3.8) is 0 Å². The Morgan fingerprint density at radius 3 is 2.81 bits per heavy atom. The molecule has 1 fully saturated rings. The maximum Gasteiger partial charge on any atom is 0.315 e. The molecule has 2 rings (SSSR count). The van der Waals surface area contributed by atoms with E-state index in [0.717, 1.165) is 18.4 Å². The Balaban J connectivity index is 1.88. The van der Waals surface area contributed by atoms with Crippen LogP contribution in [0.15, 0.2) is 18.2 Å². The summed E-state index contributed by atoms with van der Waals surface area (Å²) in [6.45, 7) is 0.398.